The van der Waals surface area contributed by atoms with E-state index in [2.05, 4.69) is 44.6 Å². The van der Waals surface area contributed by atoms with E-state index in [4.69, 9.17) is 4.98 Å². The molecule has 2 aromatic carbocycles. The van der Waals surface area contributed by atoms with Gasteiger partial charge in [-0.2, -0.15) is 0 Å². The summed E-state index contributed by atoms with van der Waals surface area (Å²) in [6, 6.07) is 5.53. The fraction of sp³-hybridized carbons (Fsp3) is 0.375. The third-order valence-electron chi connectivity index (χ3n) is 5.36. The minimum absolute atomic E-state index is 0.186. The molecule has 0 atom stereocenters. The Kier molecular flexibility index (Phi) is 6.55. The number of phenols is 1. The molecule has 1 N–H and O–H groups in total. The molecule has 28 heavy (non-hydrogen) atoms. The topological polar surface area (TPSA) is 58.9 Å². The van der Waals surface area contributed by atoms with Crippen molar-refractivity contribution in [3.8, 4) is 28.5 Å². The molecule has 0 saturated carbocycles. The Hall–Kier alpha value is -2.75. The number of aryl methyl sites for hydroxylation is 2. The van der Waals surface area contributed by atoms with Crippen LogP contribution in [0.2, 0.25) is 0 Å². The zero-order chi connectivity index (χ0) is 21.2. The van der Waals surface area contributed by atoms with Gasteiger partial charge in [0, 0.05) is 5.56 Å². The molecule has 3 rings (SSSR count). The average molecular weight is 378 g/mol. The predicted molar refractivity (Wildman–Crippen MR) is 117 cm³/mol. The highest BCUT2D eigenvalue weighted by atomic mass is 16.3. The Morgan fingerprint density at radius 2 is 1.14 bits per heavy atom. The van der Waals surface area contributed by atoms with Crippen LogP contribution in [0.4, 0.5) is 0 Å². The van der Waals surface area contributed by atoms with E-state index >= 15 is 0 Å². The number of benzene rings is 2. The van der Waals surface area contributed by atoms with Gasteiger partial charge in [0.2, 0.25) is 0 Å². The monoisotopic (exact) mass is 377 g/mol. The van der Waals surface area contributed by atoms with Crippen molar-refractivity contribution in [2.75, 3.05) is 0 Å². The van der Waals surface area contributed by atoms with E-state index in [0.29, 0.717) is 23.0 Å². The molecule has 0 aliphatic rings. The molecule has 0 saturated heterocycles. The van der Waals surface area contributed by atoms with Gasteiger partial charge in [-0.3, -0.25) is 0 Å². The Balaban J connectivity index is 0.00000136. The minimum atomic E-state index is 0.186. The minimum Gasteiger partial charge on any atom is -0.507 e. The van der Waals surface area contributed by atoms with Gasteiger partial charge in [0.05, 0.1) is 5.56 Å². The first-order valence-corrected chi connectivity index (χ1v) is 9.80. The Morgan fingerprint density at radius 1 is 0.643 bits per heavy atom. The molecule has 0 aliphatic carbocycles. The number of hydrogen-bond donors (Lipinski definition) is 1. The lowest BCUT2D eigenvalue weighted by Crippen LogP contribution is -2.05. The van der Waals surface area contributed by atoms with Crippen LogP contribution in [-0.2, 0) is 0 Å². The largest absolute Gasteiger partial charge is 0.507 e. The number of aromatic nitrogens is 3. The number of aromatic hydroxyl groups is 1. The van der Waals surface area contributed by atoms with E-state index in [1.54, 1.807) is 6.07 Å². The van der Waals surface area contributed by atoms with E-state index in [1.165, 1.54) is 27.8 Å². The molecule has 148 valence electrons. The highest BCUT2D eigenvalue weighted by molar-refractivity contribution is 5.72. The molecule has 0 fully saturated rings. The first-order chi connectivity index (χ1) is 13.2. The van der Waals surface area contributed by atoms with Gasteiger partial charge in [0.25, 0.3) is 0 Å². The van der Waals surface area contributed by atoms with Crippen molar-refractivity contribution in [3.63, 3.8) is 0 Å². The highest BCUT2D eigenvalue weighted by Gasteiger charge is 2.18. The molecule has 1 aromatic heterocycles. The summed E-state index contributed by atoms with van der Waals surface area (Å²) in [5.74, 6) is 1.99. The van der Waals surface area contributed by atoms with Crippen molar-refractivity contribution in [2.24, 2.45) is 0 Å². The highest BCUT2D eigenvalue weighted by Crippen LogP contribution is 2.34. The molecule has 3 aromatic rings. The van der Waals surface area contributed by atoms with Crippen LogP contribution in [0, 0.1) is 48.5 Å². The molecule has 0 bridgehead atoms. The van der Waals surface area contributed by atoms with Crippen LogP contribution in [0.3, 0.4) is 0 Å². The summed E-state index contributed by atoms with van der Waals surface area (Å²) >= 11 is 0. The average Bonchev–Trinajstić information content (AvgIpc) is 2.66. The SMILES string of the molecule is CC.Cc1ccc(-c2nc(C)nc(-c3c(C)c(C)c(C)c(C)c3C)n2)c(O)c1. The van der Waals surface area contributed by atoms with Crippen molar-refractivity contribution in [2.45, 2.75) is 62.3 Å². The fourth-order valence-corrected chi connectivity index (χ4v) is 3.38. The van der Waals surface area contributed by atoms with Crippen molar-refractivity contribution >= 4 is 0 Å². The van der Waals surface area contributed by atoms with Crippen molar-refractivity contribution < 1.29 is 5.11 Å². The van der Waals surface area contributed by atoms with Crippen LogP contribution in [0.25, 0.3) is 22.8 Å². The first kappa shape index (κ1) is 21.5. The van der Waals surface area contributed by atoms with Crippen LogP contribution in [0.5, 0.6) is 5.75 Å². The van der Waals surface area contributed by atoms with Gasteiger partial charge >= 0.3 is 0 Å². The van der Waals surface area contributed by atoms with Gasteiger partial charge in [0.1, 0.15) is 11.6 Å². The fourth-order valence-electron chi connectivity index (χ4n) is 3.38. The molecule has 0 aliphatic heterocycles. The van der Waals surface area contributed by atoms with Crippen LogP contribution >= 0.6 is 0 Å². The molecule has 0 spiro atoms. The molecule has 1 heterocycles. The summed E-state index contributed by atoms with van der Waals surface area (Å²) in [7, 11) is 0. The zero-order valence-electron chi connectivity index (χ0n) is 18.5. The summed E-state index contributed by atoms with van der Waals surface area (Å²) in [4.78, 5) is 13.8. The summed E-state index contributed by atoms with van der Waals surface area (Å²) in [5.41, 5.74) is 8.90. The van der Waals surface area contributed by atoms with Crippen LogP contribution < -0.4 is 0 Å². The second kappa shape index (κ2) is 8.51. The molecule has 4 heteroatoms. The van der Waals surface area contributed by atoms with Crippen LogP contribution in [-0.4, -0.2) is 20.1 Å². The van der Waals surface area contributed by atoms with Crippen molar-refractivity contribution in [1.29, 1.82) is 0 Å². The summed E-state index contributed by atoms with van der Waals surface area (Å²) in [5, 5.41) is 10.3. The van der Waals surface area contributed by atoms with Gasteiger partial charge in [-0.05, 0) is 94.0 Å². The number of nitrogens with zero attached hydrogens (tertiary/aromatic N) is 3. The molecule has 4 nitrogen and oxygen atoms in total. The quantitative estimate of drug-likeness (QED) is 0.586. The second-order valence-corrected chi connectivity index (χ2v) is 7.05. The van der Waals surface area contributed by atoms with Gasteiger partial charge < -0.3 is 5.11 Å². The molecule has 0 unspecified atom stereocenters. The van der Waals surface area contributed by atoms with E-state index in [-0.39, 0.29) is 5.75 Å². The van der Waals surface area contributed by atoms with Crippen molar-refractivity contribution in [1.82, 2.24) is 15.0 Å². The molecule has 0 radical (unpaired) electrons. The van der Waals surface area contributed by atoms with Crippen LogP contribution in [0.15, 0.2) is 18.2 Å². The molecular formula is C24H31N3O. The molecule has 0 amide bonds. The van der Waals surface area contributed by atoms with Gasteiger partial charge in [-0.15, -0.1) is 0 Å². The summed E-state index contributed by atoms with van der Waals surface area (Å²) in [6.45, 7) is 18.5. The Bertz CT molecular complexity index is 994. The maximum absolute atomic E-state index is 10.3. The predicted octanol–water partition coefficient (Wildman–Crippen LogP) is 6.10. The standard InChI is InChI=1S/C22H25N3O.C2H6/c1-11-8-9-18(19(26)10-11)21-23-17(7)24-22(25-21)20-15(5)13(3)12(2)14(4)16(20)6;1-2/h8-10,26H,1-7H3;1-2H3. The second-order valence-electron chi connectivity index (χ2n) is 7.05. The van der Waals surface area contributed by atoms with Gasteiger partial charge in [-0.25, -0.2) is 15.0 Å². The van der Waals surface area contributed by atoms with E-state index in [0.717, 1.165) is 11.1 Å². The van der Waals surface area contributed by atoms with Crippen LogP contribution in [0.1, 0.15) is 53.1 Å². The smallest absolute Gasteiger partial charge is 0.167 e. The number of phenolic OH excluding ortho intramolecular Hbond substituents is 1. The maximum Gasteiger partial charge on any atom is 0.167 e. The molecular weight excluding hydrogens is 346 g/mol. The maximum atomic E-state index is 10.3. The third-order valence-corrected chi connectivity index (χ3v) is 5.36. The van der Waals surface area contributed by atoms with E-state index in [1.807, 2.05) is 39.8 Å². The lowest BCUT2D eigenvalue weighted by atomic mass is 9.89. The van der Waals surface area contributed by atoms with E-state index in [9.17, 15) is 5.11 Å². The number of hydrogen-bond acceptors (Lipinski definition) is 4. The lowest BCUT2D eigenvalue weighted by molar-refractivity contribution is 0.476. The normalized spacial score (nSPS) is 10.5. The third kappa shape index (κ3) is 3.91. The van der Waals surface area contributed by atoms with Gasteiger partial charge in [0.15, 0.2) is 11.6 Å². The first-order valence-electron chi connectivity index (χ1n) is 9.80. The van der Waals surface area contributed by atoms with Crippen molar-refractivity contribution in [3.05, 3.63) is 57.4 Å². The number of rotatable bonds is 2. The summed E-state index contributed by atoms with van der Waals surface area (Å²) in [6.07, 6.45) is 0. The van der Waals surface area contributed by atoms with Gasteiger partial charge in [-0.1, -0.05) is 19.9 Å². The Morgan fingerprint density at radius 3 is 1.68 bits per heavy atom. The summed E-state index contributed by atoms with van der Waals surface area (Å²) < 4.78 is 0. The lowest BCUT2D eigenvalue weighted by Gasteiger charge is -2.18. The Labute approximate surface area is 168 Å². The van der Waals surface area contributed by atoms with E-state index < -0.39 is 0 Å². The zero-order valence-corrected chi connectivity index (χ0v) is 18.5.